The van der Waals surface area contributed by atoms with E-state index < -0.39 is 12.0 Å². The maximum absolute atomic E-state index is 13.5. The van der Waals surface area contributed by atoms with E-state index in [0.717, 1.165) is 32.6 Å². The first kappa shape index (κ1) is 20.0. The minimum atomic E-state index is -4.63. The van der Waals surface area contributed by atoms with E-state index in [1.54, 1.807) is 34.4 Å². The van der Waals surface area contributed by atoms with Gasteiger partial charge in [-0.05, 0) is 37.1 Å². The summed E-state index contributed by atoms with van der Waals surface area (Å²) in [5.74, 6) is -1.28. The molecular weight excluding hydrogens is 425 g/mol. The SMILES string of the molecule is O=C(Cn1c(C(F)(F)F)nc2ccccc21)N1CCC[C@H](c2nc3ccccc3s2)C1. The maximum atomic E-state index is 13.5. The van der Waals surface area contributed by atoms with E-state index in [9.17, 15) is 18.0 Å². The number of amides is 1. The largest absolute Gasteiger partial charge is 0.449 e. The number of fused-ring (bicyclic) bond motifs is 2. The standard InChI is InChI=1S/C22H19F3N4OS/c23-22(24,25)21-27-15-7-1-3-9-17(15)29(21)13-19(30)28-11-5-6-14(12-28)20-26-16-8-2-4-10-18(16)31-20/h1-4,7-10,14H,5-6,11-13H2/t14-/m0/s1. The number of aromatic nitrogens is 3. The lowest BCUT2D eigenvalue weighted by Crippen LogP contribution is -2.41. The number of hydrogen-bond donors (Lipinski definition) is 0. The van der Waals surface area contributed by atoms with Crippen molar-refractivity contribution in [3.63, 3.8) is 0 Å². The van der Waals surface area contributed by atoms with Crippen LogP contribution < -0.4 is 0 Å². The van der Waals surface area contributed by atoms with Crippen LogP contribution in [0, 0.1) is 0 Å². The monoisotopic (exact) mass is 444 g/mol. The molecule has 2 aromatic heterocycles. The fourth-order valence-electron chi connectivity index (χ4n) is 4.16. The number of likely N-dealkylation sites (tertiary alicyclic amines) is 1. The van der Waals surface area contributed by atoms with Gasteiger partial charge in [0.15, 0.2) is 0 Å². The number of imidazole rings is 1. The Morgan fingerprint density at radius 2 is 1.81 bits per heavy atom. The van der Waals surface area contributed by atoms with Crippen LogP contribution in [0.25, 0.3) is 21.3 Å². The van der Waals surface area contributed by atoms with Gasteiger partial charge in [-0.15, -0.1) is 11.3 Å². The van der Waals surface area contributed by atoms with Gasteiger partial charge in [-0.3, -0.25) is 4.79 Å². The normalized spacial score (nSPS) is 17.5. The predicted octanol–water partition coefficient (Wildman–Crippen LogP) is 5.07. The molecule has 0 spiro atoms. The first-order valence-electron chi connectivity index (χ1n) is 10.1. The summed E-state index contributed by atoms with van der Waals surface area (Å²) in [7, 11) is 0. The van der Waals surface area contributed by atoms with E-state index >= 15 is 0 Å². The highest BCUT2D eigenvalue weighted by atomic mass is 32.1. The summed E-state index contributed by atoms with van der Waals surface area (Å²) in [6.07, 6.45) is -2.93. The number of benzene rings is 2. The molecule has 1 fully saturated rings. The van der Waals surface area contributed by atoms with Crippen molar-refractivity contribution in [3.05, 3.63) is 59.4 Å². The molecule has 9 heteroatoms. The first-order chi connectivity index (χ1) is 14.9. The fourth-order valence-corrected chi connectivity index (χ4v) is 5.25. The van der Waals surface area contributed by atoms with Gasteiger partial charge >= 0.3 is 6.18 Å². The van der Waals surface area contributed by atoms with Crippen molar-refractivity contribution < 1.29 is 18.0 Å². The van der Waals surface area contributed by atoms with Crippen molar-refractivity contribution >= 4 is 38.5 Å². The molecule has 0 radical (unpaired) electrons. The van der Waals surface area contributed by atoms with Crippen LogP contribution in [-0.2, 0) is 17.5 Å². The molecule has 4 aromatic rings. The van der Waals surface area contributed by atoms with Crippen LogP contribution in [0.1, 0.15) is 29.6 Å². The lowest BCUT2D eigenvalue weighted by molar-refractivity contribution is -0.148. The van der Waals surface area contributed by atoms with Crippen molar-refractivity contribution in [1.82, 2.24) is 19.4 Å². The molecule has 0 saturated carbocycles. The second-order valence-corrected chi connectivity index (χ2v) is 8.77. The van der Waals surface area contributed by atoms with Gasteiger partial charge in [-0.1, -0.05) is 24.3 Å². The van der Waals surface area contributed by atoms with E-state index in [2.05, 4.69) is 4.98 Å². The Morgan fingerprint density at radius 3 is 2.58 bits per heavy atom. The molecule has 3 heterocycles. The molecule has 1 aliphatic heterocycles. The van der Waals surface area contributed by atoms with Gasteiger partial charge in [0, 0.05) is 19.0 Å². The van der Waals surface area contributed by atoms with Crippen LogP contribution in [0.15, 0.2) is 48.5 Å². The van der Waals surface area contributed by atoms with Crippen LogP contribution in [-0.4, -0.2) is 38.4 Å². The molecule has 0 bridgehead atoms. The van der Waals surface area contributed by atoms with Crippen LogP contribution in [0.3, 0.4) is 0 Å². The topological polar surface area (TPSA) is 51.0 Å². The van der Waals surface area contributed by atoms with E-state index in [4.69, 9.17) is 4.98 Å². The Bertz CT molecular complexity index is 1230. The lowest BCUT2D eigenvalue weighted by atomic mass is 9.98. The van der Waals surface area contributed by atoms with Crippen molar-refractivity contribution in [3.8, 4) is 0 Å². The Hall–Kier alpha value is -2.94. The number of piperidine rings is 1. The van der Waals surface area contributed by atoms with Gasteiger partial charge in [0.1, 0.15) is 6.54 Å². The van der Waals surface area contributed by atoms with Crippen molar-refractivity contribution in [1.29, 1.82) is 0 Å². The Labute approximate surface area is 180 Å². The third kappa shape index (κ3) is 3.78. The van der Waals surface area contributed by atoms with Crippen LogP contribution in [0.2, 0.25) is 0 Å². The summed E-state index contributed by atoms with van der Waals surface area (Å²) in [5, 5.41) is 0.975. The highest BCUT2D eigenvalue weighted by molar-refractivity contribution is 7.18. The highest BCUT2D eigenvalue weighted by Crippen LogP contribution is 2.34. The third-order valence-electron chi connectivity index (χ3n) is 5.64. The zero-order chi connectivity index (χ0) is 21.6. The van der Waals surface area contributed by atoms with E-state index in [0.29, 0.717) is 18.6 Å². The molecule has 5 rings (SSSR count). The Balaban J connectivity index is 1.39. The molecule has 1 amide bonds. The van der Waals surface area contributed by atoms with Gasteiger partial charge in [0.05, 0.1) is 26.3 Å². The smallest absolute Gasteiger partial charge is 0.340 e. The van der Waals surface area contributed by atoms with E-state index in [-0.39, 0.29) is 23.9 Å². The number of rotatable bonds is 3. The molecule has 31 heavy (non-hydrogen) atoms. The quantitative estimate of drug-likeness (QED) is 0.443. The summed E-state index contributed by atoms with van der Waals surface area (Å²) in [6, 6.07) is 14.3. The fraction of sp³-hybridized carbons (Fsp3) is 0.318. The summed E-state index contributed by atoms with van der Waals surface area (Å²) in [4.78, 5) is 23.1. The lowest BCUT2D eigenvalue weighted by Gasteiger charge is -2.32. The molecule has 0 unspecified atom stereocenters. The van der Waals surface area contributed by atoms with Crippen LogP contribution in [0.4, 0.5) is 13.2 Å². The second kappa shape index (κ2) is 7.64. The number of hydrogen-bond acceptors (Lipinski definition) is 4. The second-order valence-electron chi connectivity index (χ2n) is 7.71. The number of para-hydroxylation sites is 3. The van der Waals surface area contributed by atoms with Crippen molar-refractivity contribution in [2.45, 2.75) is 31.5 Å². The van der Waals surface area contributed by atoms with Crippen LogP contribution >= 0.6 is 11.3 Å². The molecule has 1 saturated heterocycles. The molecule has 0 aliphatic carbocycles. The average Bonchev–Trinajstić information content (AvgIpc) is 3.36. The first-order valence-corrected chi connectivity index (χ1v) is 10.9. The molecule has 160 valence electrons. The van der Waals surface area contributed by atoms with Gasteiger partial charge in [-0.2, -0.15) is 13.2 Å². The minimum absolute atomic E-state index is 0.0942. The molecule has 1 atom stereocenters. The van der Waals surface area contributed by atoms with E-state index in [1.165, 1.54) is 6.07 Å². The van der Waals surface area contributed by atoms with Gasteiger partial charge < -0.3 is 9.47 Å². The maximum Gasteiger partial charge on any atom is 0.449 e. The third-order valence-corrected chi connectivity index (χ3v) is 6.83. The van der Waals surface area contributed by atoms with Gasteiger partial charge in [0.2, 0.25) is 11.7 Å². The van der Waals surface area contributed by atoms with Crippen molar-refractivity contribution in [2.24, 2.45) is 0 Å². The Kier molecular flexibility index (Phi) is 4.92. The Morgan fingerprint density at radius 1 is 1.06 bits per heavy atom. The zero-order valence-electron chi connectivity index (χ0n) is 16.5. The number of alkyl halides is 3. The summed E-state index contributed by atoms with van der Waals surface area (Å²) in [5.41, 5.74) is 1.47. The number of thiazole rings is 1. The molecule has 2 aromatic carbocycles. The number of nitrogens with zero attached hydrogens (tertiary/aromatic N) is 4. The number of halogens is 3. The van der Waals surface area contributed by atoms with E-state index in [1.807, 2.05) is 24.3 Å². The zero-order valence-corrected chi connectivity index (χ0v) is 17.3. The van der Waals surface area contributed by atoms with Crippen molar-refractivity contribution in [2.75, 3.05) is 13.1 Å². The molecule has 5 nitrogen and oxygen atoms in total. The highest BCUT2D eigenvalue weighted by Gasteiger charge is 2.38. The predicted molar refractivity (Wildman–Crippen MR) is 113 cm³/mol. The number of carbonyl (C=O) groups excluding carboxylic acids is 1. The summed E-state index contributed by atoms with van der Waals surface area (Å²) < 4.78 is 42.7. The number of carbonyl (C=O) groups is 1. The van der Waals surface area contributed by atoms with Gasteiger partial charge in [0.25, 0.3) is 0 Å². The molecule has 1 aliphatic rings. The van der Waals surface area contributed by atoms with Gasteiger partial charge in [-0.25, -0.2) is 9.97 Å². The molecule has 0 N–H and O–H groups in total. The minimum Gasteiger partial charge on any atom is -0.340 e. The summed E-state index contributed by atoms with van der Waals surface area (Å²) >= 11 is 1.62. The molecular formula is C22H19F3N4OS. The average molecular weight is 444 g/mol. The summed E-state index contributed by atoms with van der Waals surface area (Å²) in [6.45, 7) is 0.614. The van der Waals surface area contributed by atoms with Crippen LogP contribution in [0.5, 0.6) is 0 Å².